The zero-order chi connectivity index (χ0) is 8.81. The van der Waals surface area contributed by atoms with Crippen molar-refractivity contribution in [2.24, 2.45) is 0 Å². The lowest BCUT2D eigenvalue weighted by atomic mass is 10.2. The first-order chi connectivity index (χ1) is 5.86. The van der Waals surface area contributed by atoms with Gasteiger partial charge in [-0.2, -0.15) is 0 Å². The maximum absolute atomic E-state index is 10.3. The van der Waals surface area contributed by atoms with Crippen molar-refractivity contribution in [3.05, 3.63) is 29.8 Å². The molecular weight excluding hydrogens is 176 g/mol. The number of hydrogen-bond acceptors (Lipinski definition) is 4. The Balaban J connectivity index is 2.58. The summed E-state index contributed by atoms with van der Waals surface area (Å²) in [5.41, 5.74) is 0.617. The number of carbonyl (C=O) groups is 1. The van der Waals surface area contributed by atoms with E-state index in [2.05, 4.69) is 4.33 Å². The fraction of sp³-hybridized carbons (Fsp3) is 0.125. The summed E-state index contributed by atoms with van der Waals surface area (Å²) in [4.78, 5) is 15.1. The fourth-order valence-electron chi connectivity index (χ4n) is 0.675. The zero-order valence-electron chi connectivity index (χ0n) is 6.52. The van der Waals surface area contributed by atoms with E-state index >= 15 is 0 Å². The molecule has 4 heteroatoms. The van der Waals surface area contributed by atoms with E-state index in [-0.39, 0.29) is 0 Å². The summed E-state index contributed by atoms with van der Waals surface area (Å²) in [6.45, 7) is 0. The molecule has 1 aromatic rings. The summed E-state index contributed by atoms with van der Waals surface area (Å²) in [6, 6.07) is 6.65. The maximum atomic E-state index is 10.3. The lowest BCUT2D eigenvalue weighted by Gasteiger charge is -1.99. The fourth-order valence-corrected chi connectivity index (χ4v) is 0.822. The molecule has 0 radical (unpaired) electrons. The highest BCUT2D eigenvalue weighted by Crippen LogP contribution is 2.12. The van der Waals surface area contributed by atoms with E-state index < -0.39 is 0 Å². The van der Waals surface area contributed by atoms with Crippen LogP contribution in [0.25, 0.3) is 0 Å². The standard InChI is InChI=1S/C8H8O3S/c1-12-11-10-8-4-2-7(6-9)3-5-8/h2-6H,1H3. The molecule has 0 fully saturated rings. The average molecular weight is 184 g/mol. The van der Waals surface area contributed by atoms with Gasteiger partial charge in [0.05, 0.1) is 0 Å². The summed E-state index contributed by atoms with van der Waals surface area (Å²) < 4.78 is 4.62. The molecule has 12 heavy (non-hydrogen) atoms. The molecular formula is C8H8O3S. The monoisotopic (exact) mass is 184 g/mol. The van der Waals surface area contributed by atoms with E-state index in [1.54, 1.807) is 30.5 Å². The molecule has 64 valence electrons. The van der Waals surface area contributed by atoms with Crippen molar-refractivity contribution in [3.8, 4) is 5.75 Å². The highest BCUT2D eigenvalue weighted by atomic mass is 32.2. The van der Waals surface area contributed by atoms with Crippen molar-refractivity contribution in [1.29, 1.82) is 0 Å². The van der Waals surface area contributed by atoms with E-state index in [9.17, 15) is 4.79 Å². The van der Waals surface area contributed by atoms with Gasteiger partial charge in [-0.15, -0.1) is 4.33 Å². The van der Waals surface area contributed by atoms with Gasteiger partial charge in [0.1, 0.15) is 6.29 Å². The van der Waals surface area contributed by atoms with Crippen LogP contribution in [0.3, 0.4) is 0 Å². The molecule has 0 aliphatic rings. The Labute approximate surface area is 74.8 Å². The van der Waals surface area contributed by atoms with Crippen molar-refractivity contribution < 1.29 is 14.0 Å². The topological polar surface area (TPSA) is 35.5 Å². The van der Waals surface area contributed by atoms with Crippen molar-refractivity contribution in [2.45, 2.75) is 0 Å². The minimum absolute atomic E-state index is 0.579. The van der Waals surface area contributed by atoms with E-state index in [1.807, 2.05) is 0 Å². The lowest BCUT2D eigenvalue weighted by Crippen LogP contribution is -1.88. The highest BCUT2D eigenvalue weighted by molar-refractivity contribution is 7.93. The van der Waals surface area contributed by atoms with Gasteiger partial charge in [0, 0.05) is 23.9 Å². The molecule has 0 aliphatic heterocycles. The Kier molecular flexibility index (Phi) is 3.63. The molecule has 1 aromatic carbocycles. The summed E-state index contributed by atoms with van der Waals surface area (Å²) in [5, 5.41) is 0. The van der Waals surface area contributed by atoms with E-state index in [1.165, 1.54) is 0 Å². The Morgan fingerprint density at radius 2 is 2.00 bits per heavy atom. The summed E-state index contributed by atoms with van der Waals surface area (Å²) in [7, 11) is 0. The van der Waals surface area contributed by atoms with Crippen LogP contribution in [-0.2, 0) is 4.33 Å². The van der Waals surface area contributed by atoms with Crippen LogP contribution in [0, 0.1) is 0 Å². The molecule has 0 unspecified atom stereocenters. The number of aldehydes is 1. The number of carbonyl (C=O) groups excluding carboxylic acids is 1. The van der Waals surface area contributed by atoms with Crippen LogP contribution in [0.15, 0.2) is 24.3 Å². The molecule has 0 heterocycles. The molecule has 0 atom stereocenters. The van der Waals surface area contributed by atoms with Crippen molar-refractivity contribution in [1.82, 2.24) is 0 Å². The minimum Gasteiger partial charge on any atom is -0.325 e. The second-order valence-corrected chi connectivity index (χ2v) is 2.47. The number of hydrogen-bond donors (Lipinski definition) is 0. The maximum Gasteiger partial charge on any atom is 0.166 e. The quantitative estimate of drug-likeness (QED) is 0.310. The first-order valence-corrected chi connectivity index (χ1v) is 4.44. The summed E-state index contributed by atoms with van der Waals surface area (Å²) in [5.74, 6) is 0.579. The smallest absolute Gasteiger partial charge is 0.166 e. The summed E-state index contributed by atoms with van der Waals surface area (Å²) in [6.07, 6.45) is 2.53. The molecule has 0 amide bonds. The third-order valence-electron chi connectivity index (χ3n) is 1.21. The highest BCUT2D eigenvalue weighted by Gasteiger charge is 1.94. The molecule has 0 saturated heterocycles. The Hall–Kier alpha value is -1.00. The van der Waals surface area contributed by atoms with Crippen molar-refractivity contribution in [2.75, 3.05) is 6.26 Å². The van der Waals surface area contributed by atoms with E-state index in [0.717, 1.165) is 18.3 Å². The molecule has 0 spiro atoms. The lowest BCUT2D eigenvalue weighted by molar-refractivity contribution is -0.0770. The van der Waals surface area contributed by atoms with Crippen LogP contribution >= 0.6 is 12.0 Å². The van der Waals surface area contributed by atoms with Gasteiger partial charge < -0.3 is 4.89 Å². The van der Waals surface area contributed by atoms with Gasteiger partial charge in [0.25, 0.3) is 0 Å². The minimum atomic E-state index is 0.579. The van der Waals surface area contributed by atoms with Crippen LogP contribution in [0.4, 0.5) is 0 Å². The third kappa shape index (κ3) is 2.56. The second-order valence-electron chi connectivity index (χ2n) is 2.00. The van der Waals surface area contributed by atoms with Gasteiger partial charge in [-0.1, -0.05) is 0 Å². The predicted octanol–water partition coefficient (Wildman–Crippen LogP) is 2.09. The number of benzene rings is 1. The SMILES string of the molecule is CSOOc1ccc(C=O)cc1. The van der Waals surface area contributed by atoms with Crippen LogP contribution < -0.4 is 4.89 Å². The Bertz CT molecular complexity index is 245. The third-order valence-corrected chi connectivity index (χ3v) is 1.42. The van der Waals surface area contributed by atoms with Gasteiger partial charge in [0.2, 0.25) is 0 Å². The first-order valence-electron chi connectivity index (χ1n) is 3.29. The van der Waals surface area contributed by atoms with Gasteiger partial charge in [0.15, 0.2) is 5.75 Å². The zero-order valence-corrected chi connectivity index (χ0v) is 7.34. The Morgan fingerprint density at radius 1 is 1.33 bits per heavy atom. The predicted molar refractivity (Wildman–Crippen MR) is 47.1 cm³/mol. The normalized spacial score (nSPS) is 9.42. The molecule has 0 bridgehead atoms. The van der Waals surface area contributed by atoms with Crippen LogP contribution in [0.5, 0.6) is 5.75 Å². The molecule has 0 aliphatic carbocycles. The molecule has 0 aromatic heterocycles. The van der Waals surface area contributed by atoms with Gasteiger partial charge in [-0.3, -0.25) is 4.79 Å². The van der Waals surface area contributed by atoms with Crippen molar-refractivity contribution in [3.63, 3.8) is 0 Å². The van der Waals surface area contributed by atoms with Crippen molar-refractivity contribution >= 4 is 18.3 Å². The average Bonchev–Trinajstić information content (AvgIpc) is 2.15. The van der Waals surface area contributed by atoms with E-state index in [4.69, 9.17) is 4.89 Å². The number of rotatable bonds is 4. The molecule has 0 N–H and O–H groups in total. The largest absolute Gasteiger partial charge is 0.325 e. The van der Waals surface area contributed by atoms with Gasteiger partial charge >= 0.3 is 0 Å². The van der Waals surface area contributed by atoms with Crippen LogP contribution in [-0.4, -0.2) is 12.5 Å². The van der Waals surface area contributed by atoms with Crippen LogP contribution in [0.1, 0.15) is 10.4 Å². The second kappa shape index (κ2) is 4.79. The summed E-state index contributed by atoms with van der Waals surface area (Å²) >= 11 is 1.11. The molecule has 3 nitrogen and oxygen atoms in total. The molecule has 0 saturated carbocycles. The first kappa shape index (κ1) is 9.09. The van der Waals surface area contributed by atoms with Crippen LogP contribution in [0.2, 0.25) is 0 Å². The Morgan fingerprint density at radius 3 is 2.50 bits per heavy atom. The van der Waals surface area contributed by atoms with Gasteiger partial charge in [-0.05, 0) is 24.3 Å². The van der Waals surface area contributed by atoms with Gasteiger partial charge in [-0.25, -0.2) is 0 Å². The van der Waals surface area contributed by atoms with E-state index in [0.29, 0.717) is 11.3 Å². The molecule has 1 rings (SSSR count).